The van der Waals surface area contributed by atoms with E-state index in [2.05, 4.69) is 10.3 Å². The summed E-state index contributed by atoms with van der Waals surface area (Å²) in [4.78, 5) is 0.644. The molecule has 33 heavy (non-hydrogen) atoms. The van der Waals surface area contributed by atoms with Gasteiger partial charge in [-0.3, -0.25) is 0 Å². The topological polar surface area (TPSA) is 101 Å². The summed E-state index contributed by atoms with van der Waals surface area (Å²) in [6, 6.07) is 6.09. The van der Waals surface area contributed by atoms with E-state index in [1.165, 1.54) is 17.8 Å². The highest BCUT2D eigenvalue weighted by Gasteiger charge is 2.46. The number of hydrogen-bond donors (Lipinski definition) is 3. The molecule has 176 valence electrons. The lowest BCUT2D eigenvalue weighted by Crippen LogP contribution is -2.55. The highest BCUT2D eigenvalue weighted by atomic mass is 35.5. The predicted molar refractivity (Wildman–Crippen MR) is 119 cm³/mol. The second kappa shape index (κ2) is 9.83. The van der Waals surface area contributed by atoms with Gasteiger partial charge in [-0.05, 0) is 37.3 Å². The fraction of sp³-hybridized carbons (Fsp3) is 0.333. The van der Waals surface area contributed by atoms with Crippen molar-refractivity contribution in [3.8, 4) is 11.3 Å². The van der Waals surface area contributed by atoms with Crippen molar-refractivity contribution in [3.63, 3.8) is 0 Å². The molecule has 1 aliphatic rings. The molecule has 5 atom stereocenters. The Kier molecular flexibility index (Phi) is 7.25. The monoisotopic (exact) mass is 517 g/mol. The van der Waals surface area contributed by atoms with Crippen molar-refractivity contribution in [2.45, 2.75) is 41.6 Å². The van der Waals surface area contributed by atoms with Gasteiger partial charge in [-0.1, -0.05) is 40.2 Å². The van der Waals surface area contributed by atoms with Crippen LogP contribution >= 0.6 is 35.0 Å². The molecular weight excluding hydrogens is 499 g/mol. The maximum absolute atomic E-state index is 14.0. The standard InChI is InChI=1S/C21H19Cl2F2N3O4S/c1-9-14(24)4-10(5-15(9)25)16-7-28(27-26-16)18-19(30)17(8-29)32-21(20(18)31)33-11-2-3-12(22)13(23)6-11/h2-7,17-21,29-31H,8H2,1H3/t17?,18?,19-,20-,21+/m0/s1. The molecule has 4 rings (SSSR count). The fourth-order valence-electron chi connectivity index (χ4n) is 3.51. The van der Waals surface area contributed by atoms with E-state index in [1.807, 2.05) is 0 Å². The number of ether oxygens (including phenoxy) is 1. The summed E-state index contributed by atoms with van der Waals surface area (Å²) in [5.74, 6) is -1.46. The molecule has 7 nitrogen and oxygen atoms in total. The summed E-state index contributed by atoms with van der Waals surface area (Å²) in [5.41, 5.74) is -0.727. The van der Waals surface area contributed by atoms with E-state index in [0.29, 0.717) is 14.9 Å². The lowest BCUT2D eigenvalue weighted by Gasteiger charge is -2.41. The molecule has 2 aromatic carbocycles. The maximum Gasteiger partial charge on any atom is 0.136 e. The molecule has 1 aromatic heterocycles. The van der Waals surface area contributed by atoms with Gasteiger partial charge in [0.15, 0.2) is 0 Å². The predicted octanol–water partition coefficient (Wildman–Crippen LogP) is 3.61. The van der Waals surface area contributed by atoms with Crippen LogP contribution in [0.2, 0.25) is 10.0 Å². The number of halogens is 4. The number of thioether (sulfide) groups is 1. The minimum atomic E-state index is -1.34. The molecule has 0 bridgehead atoms. The molecule has 0 saturated carbocycles. The third-order valence-corrected chi connectivity index (χ3v) is 7.27. The molecule has 0 spiro atoms. The molecule has 3 N–H and O–H groups in total. The van der Waals surface area contributed by atoms with Crippen LogP contribution in [-0.4, -0.2) is 60.7 Å². The SMILES string of the molecule is Cc1c(F)cc(-c2cn(C3[C@@H](O)C(CO)O[C@H](Sc4ccc(Cl)c(Cl)c4)[C@H]3O)nn2)cc1F. The number of rotatable bonds is 5. The van der Waals surface area contributed by atoms with Gasteiger partial charge in [0.1, 0.15) is 47.1 Å². The second-order valence-corrected chi connectivity index (χ2v) is 9.53. The molecular formula is C21H19Cl2F2N3O4S. The van der Waals surface area contributed by atoms with Gasteiger partial charge in [-0.15, -0.1) is 5.10 Å². The Hall–Kier alpha value is -1.79. The van der Waals surface area contributed by atoms with Gasteiger partial charge in [0.05, 0.1) is 22.8 Å². The highest BCUT2D eigenvalue weighted by Crippen LogP contribution is 2.39. The molecule has 12 heteroatoms. The molecule has 2 heterocycles. The fourth-order valence-corrected chi connectivity index (χ4v) is 4.97. The first kappa shape index (κ1) is 24.3. The zero-order valence-electron chi connectivity index (χ0n) is 17.1. The van der Waals surface area contributed by atoms with E-state index in [4.69, 9.17) is 27.9 Å². The Morgan fingerprint density at radius 3 is 2.42 bits per heavy atom. The first-order valence-electron chi connectivity index (χ1n) is 9.81. The van der Waals surface area contributed by atoms with Crippen molar-refractivity contribution in [3.05, 3.63) is 63.8 Å². The maximum atomic E-state index is 14.0. The lowest BCUT2D eigenvalue weighted by molar-refractivity contribution is -0.178. The van der Waals surface area contributed by atoms with Crippen molar-refractivity contribution < 1.29 is 28.8 Å². The van der Waals surface area contributed by atoms with Crippen LogP contribution in [0.3, 0.4) is 0 Å². The quantitative estimate of drug-likeness (QED) is 0.475. The third kappa shape index (κ3) is 4.88. The third-order valence-electron chi connectivity index (χ3n) is 5.38. The first-order chi connectivity index (χ1) is 15.7. The molecule has 1 aliphatic heterocycles. The summed E-state index contributed by atoms with van der Waals surface area (Å²) in [5, 5.41) is 40.0. The highest BCUT2D eigenvalue weighted by molar-refractivity contribution is 7.99. The molecule has 2 unspecified atom stereocenters. The molecule has 0 radical (unpaired) electrons. The Morgan fingerprint density at radius 2 is 1.79 bits per heavy atom. The zero-order chi connectivity index (χ0) is 23.9. The van der Waals surface area contributed by atoms with Crippen molar-refractivity contribution in [1.29, 1.82) is 0 Å². The van der Waals surface area contributed by atoms with Crippen LogP contribution in [0.25, 0.3) is 11.3 Å². The Morgan fingerprint density at radius 1 is 1.09 bits per heavy atom. The zero-order valence-corrected chi connectivity index (χ0v) is 19.4. The first-order valence-corrected chi connectivity index (χ1v) is 11.4. The Balaban J connectivity index is 1.63. The van der Waals surface area contributed by atoms with E-state index in [1.54, 1.807) is 18.2 Å². The summed E-state index contributed by atoms with van der Waals surface area (Å²) >= 11 is 13.1. The van der Waals surface area contributed by atoms with Crippen molar-refractivity contribution >= 4 is 35.0 Å². The van der Waals surface area contributed by atoms with Crippen LogP contribution in [0.15, 0.2) is 41.4 Å². The summed E-state index contributed by atoms with van der Waals surface area (Å²) in [6.45, 7) is 0.805. The van der Waals surface area contributed by atoms with Crippen molar-refractivity contribution in [1.82, 2.24) is 15.0 Å². The van der Waals surface area contributed by atoms with E-state index in [0.717, 1.165) is 23.9 Å². The van der Waals surface area contributed by atoms with Gasteiger partial charge in [0.25, 0.3) is 0 Å². The number of benzene rings is 2. The summed E-state index contributed by atoms with van der Waals surface area (Å²) in [7, 11) is 0. The normalized spacial score (nSPS) is 25.4. The number of nitrogens with zero attached hydrogens (tertiary/aromatic N) is 3. The van der Waals surface area contributed by atoms with Gasteiger partial charge in [0.2, 0.25) is 0 Å². The largest absolute Gasteiger partial charge is 0.394 e. The average molecular weight is 518 g/mol. The summed E-state index contributed by atoms with van der Waals surface area (Å²) < 4.78 is 34.9. The van der Waals surface area contributed by atoms with E-state index in [9.17, 15) is 24.1 Å². The van der Waals surface area contributed by atoms with Gasteiger partial charge < -0.3 is 20.1 Å². The van der Waals surface area contributed by atoms with Crippen LogP contribution in [0, 0.1) is 18.6 Å². The van der Waals surface area contributed by atoms with Crippen molar-refractivity contribution in [2.75, 3.05) is 6.61 Å². The second-order valence-electron chi connectivity index (χ2n) is 7.54. The molecule has 1 fully saturated rings. The van der Waals surface area contributed by atoms with E-state index in [-0.39, 0.29) is 16.8 Å². The van der Waals surface area contributed by atoms with Crippen LogP contribution in [0.1, 0.15) is 11.6 Å². The van der Waals surface area contributed by atoms with Gasteiger partial charge >= 0.3 is 0 Å². The smallest absolute Gasteiger partial charge is 0.136 e. The van der Waals surface area contributed by atoms with Gasteiger partial charge in [-0.2, -0.15) is 0 Å². The molecule has 0 amide bonds. The lowest BCUT2D eigenvalue weighted by atomic mass is 9.97. The Labute approximate surface area is 201 Å². The van der Waals surface area contributed by atoms with Gasteiger partial charge in [0, 0.05) is 16.0 Å². The molecule has 1 saturated heterocycles. The minimum absolute atomic E-state index is 0.116. The summed E-state index contributed by atoms with van der Waals surface area (Å²) in [6.07, 6.45) is -2.29. The number of hydrogen-bond acceptors (Lipinski definition) is 7. The van der Waals surface area contributed by atoms with E-state index < -0.39 is 48.0 Å². The minimum Gasteiger partial charge on any atom is -0.394 e. The number of aromatic nitrogens is 3. The van der Waals surface area contributed by atoms with Crippen LogP contribution in [-0.2, 0) is 4.74 Å². The Bertz CT molecular complexity index is 1150. The molecule has 0 aliphatic carbocycles. The van der Waals surface area contributed by atoms with Crippen LogP contribution in [0.5, 0.6) is 0 Å². The molecule has 3 aromatic rings. The van der Waals surface area contributed by atoms with Crippen LogP contribution < -0.4 is 0 Å². The number of aliphatic hydroxyl groups is 3. The van der Waals surface area contributed by atoms with Gasteiger partial charge in [-0.25, -0.2) is 13.5 Å². The average Bonchev–Trinajstić information content (AvgIpc) is 3.26. The number of aliphatic hydroxyl groups excluding tert-OH is 3. The van der Waals surface area contributed by atoms with Crippen molar-refractivity contribution in [2.24, 2.45) is 0 Å². The van der Waals surface area contributed by atoms with E-state index >= 15 is 0 Å². The van der Waals surface area contributed by atoms with Crippen LogP contribution in [0.4, 0.5) is 8.78 Å².